The molecule has 0 unspecified atom stereocenters. The second-order valence-electron chi connectivity index (χ2n) is 4.94. The van der Waals surface area contributed by atoms with Gasteiger partial charge in [0, 0.05) is 18.1 Å². The van der Waals surface area contributed by atoms with Crippen LogP contribution < -0.4 is 4.74 Å². The summed E-state index contributed by atoms with van der Waals surface area (Å²) in [6, 6.07) is 6.43. The van der Waals surface area contributed by atoms with Gasteiger partial charge in [-0.2, -0.15) is 4.98 Å². The van der Waals surface area contributed by atoms with E-state index in [0.717, 1.165) is 18.7 Å². The van der Waals surface area contributed by atoms with Crippen molar-refractivity contribution in [2.45, 2.75) is 25.7 Å². The number of ether oxygens (including phenoxy) is 1. The number of hydrogen-bond acceptors (Lipinski definition) is 5. The first-order valence-corrected chi connectivity index (χ1v) is 7.30. The van der Waals surface area contributed by atoms with E-state index in [1.807, 2.05) is 0 Å². The van der Waals surface area contributed by atoms with Gasteiger partial charge in [0.05, 0.1) is 4.92 Å². The molecule has 0 bridgehead atoms. The Morgan fingerprint density at radius 1 is 1.38 bits per heavy atom. The van der Waals surface area contributed by atoms with Crippen LogP contribution in [0.15, 0.2) is 28.9 Å². The summed E-state index contributed by atoms with van der Waals surface area (Å²) in [5.74, 6) is 1.62. The Morgan fingerprint density at radius 2 is 2.14 bits per heavy atom. The Hall–Kier alpha value is -2.02. The molecule has 2 aromatic rings. The lowest BCUT2D eigenvalue weighted by Gasteiger charge is -2.09. The first kappa shape index (κ1) is 13.9. The van der Waals surface area contributed by atoms with Crippen LogP contribution in [0.25, 0.3) is 0 Å². The average Bonchev–Trinajstić information content (AvgIpc) is 3.24. The van der Waals surface area contributed by atoms with Crippen molar-refractivity contribution in [3.63, 3.8) is 0 Å². The van der Waals surface area contributed by atoms with Crippen molar-refractivity contribution in [3.05, 3.63) is 50.4 Å². The third-order valence-corrected chi connectivity index (χ3v) is 3.63. The van der Waals surface area contributed by atoms with Crippen LogP contribution in [0, 0.1) is 17.0 Å². The van der Waals surface area contributed by atoms with Gasteiger partial charge in [0.25, 0.3) is 0 Å². The molecule has 1 aromatic carbocycles. The van der Waals surface area contributed by atoms with Crippen molar-refractivity contribution in [1.29, 1.82) is 0 Å². The molecule has 1 aliphatic rings. The summed E-state index contributed by atoms with van der Waals surface area (Å²) in [6.07, 6.45) is 2.14. The topological polar surface area (TPSA) is 78.2 Å². The lowest BCUT2D eigenvalue weighted by atomic mass is 10.2. The van der Waals surface area contributed by atoms with Crippen molar-refractivity contribution in [2.24, 2.45) is 0 Å². The highest BCUT2D eigenvalue weighted by Gasteiger charge is 2.28. The molecule has 21 heavy (non-hydrogen) atoms. The number of aromatic nitrogens is 2. The molecular weight excluding hydrogens is 338 g/mol. The van der Waals surface area contributed by atoms with Gasteiger partial charge in [-0.05, 0) is 41.3 Å². The minimum Gasteiger partial charge on any atom is -0.431 e. The molecule has 1 aliphatic carbocycles. The number of benzene rings is 1. The molecule has 0 N–H and O–H groups in total. The van der Waals surface area contributed by atoms with Crippen molar-refractivity contribution in [1.82, 2.24) is 9.97 Å². The average molecular weight is 350 g/mol. The van der Waals surface area contributed by atoms with E-state index in [1.165, 1.54) is 6.07 Å². The second kappa shape index (κ2) is 5.40. The molecule has 0 atom stereocenters. The van der Waals surface area contributed by atoms with Gasteiger partial charge in [0.1, 0.15) is 10.4 Å². The van der Waals surface area contributed by atoms with Gasteiger partial charge in [-0.15, -0.1) is 0 Å². The van der Waals surface area contributed by atoms with Crippen LogP contribution in [0.4, 0.5) is 5.69 Å². The molecule has 0 spiro atoms. The maximum Gasteiger partial charge on any atom is 0.311 e. The number of nitro groups is 1. The van der Waals surface area contributed by atoms with E-state index in [1.54, 1.807) is 25.1 Å². The molecule has 6 nitrogen and oxygen atoms in total. The fraction of sp³-hybridized carbons (Fsp3) is 0.286. The monoisotopic (exact) mass is 349 g/mol. The number of nitrogens with zero attached hydrogens (tertiary/aromatic N) is 3. The Bertz CT molecular complexity index is 717. The second-order valence-corrected chi connectivity index (χ2v) is 5.76. The lowest BCUT2D eigenvalue weighted by molar-refractivity contribution is -0.385. The number of halogens is 1. The molecule has 7 heteroatoms. The van der Waals surface area contributed by atoms with Gasteiger partial charge >= 0.3 is 5.69 Å². The Balaban J connectivity index is 1.98. The van der Waals surface area contributed by atoms with Gasteiger partial charge in [-0.25, -0.2) is 4.98 Å². The van der Waals surface area contributed by atoms with Crippen molar-refractivity contribution in [2.75, 3.05) is 0 Å². The quantitative estimate of drug-likeness (QED) is 0.471. The SMILES string of the molecule is Cc1cccc([N+](=O)[O-])c1Oc1cc(Br)nc(C2CC2)n1. The van der Waals surface area contributed by atoms with Crippen molar-refractivity contribution in [3.8, 4) is 11.6 Å². The highest BCUT2D eigenvalue weighted by Crippen LogP contribution is 2.40. The number of para-hydroxylation sites is 1. The molecule has 0 amide bonds. The molecule has 1 saturated carbocycles. The smallest absolute Gasteiger partial charge is 0.311 e. The van der Waals surface area contributed by atoms with Crippen molar-refractivity contribution < 1.29 is 9.66 Å². The predicted octanol–water partition coefficient (Wildman–Crippen LogP) is 4.13. The molecule has 1 fully saturated rings. The maximum absolute atomic E-state index is 11.1. The summed E-state index contributed by atoms with van der Waals surface area (Å²) in [7, 11) is 0. The van der Waals surface area contributed by atoms with Crippen LogP contribution in [0.1, 0.15) is 30.1 Å². The van der Waals surface area contributed by atoms with Gasteiger partial charge in [0.2, 0.25) is 11.6 Å². The predicted molar refractivity (Wildman–Crippen MR) is 79.6 cm³/mol. The third kappa shape index (κ3) is 3.02. The zero-order valence-corrected chi connectivity index (χ0v) is 12.8. The summed E-state index contributed by atoms with van der Waals surface area (Å²) < 4.78 is 6.29. The molecule has 0 radical (unpaired) electrons. The van der Waals surface area contributed by atoms with E-state index in [2.05, 4.69) is 25.9 Å². The molecule has 1 heterocycles. The minimum absolute atomic E-state index is 0.0716. The van der Waals surface area contributed by atoms with Gasteiger partial charge in [-0.1, -0.05) is 12.1 Å². The van der Waals surface area contributed by atoms with Crippen LogP contribution >= 0.6 is 15.9 Å². The zero-order valence-electron chi connectivity index (χ0n) is 11.2. The number of rotatable bonds is 4. The molecule has 1 aromatic heterocycles. The molecule has 3 rings (SSSR count). The van der Waals surface area contributed by atoms with Crippen LogP contribution in [0.5, 0.6) is 11.6 Å². The Morgan fingerprint density at radius 3 is 2.81 bits per heavy atom. The Kier molecular flexibility index (Phi) is 3.59. The van der Waals surface area contributed by atoms with E-state index in [9.17, 15) is 10.1 Å². The molecular formula is C14H12BrN3O3. The normalized spacial score (nSPS) is 14.0. The fourth-order valence-corrected chi connectivity index (χ4v) is 2.39. The van der Waals surface area contributed by atoms with Gasteiger partial charge < -0.3 is 4.74 Å². The van der Waals surface area contributed by atoms with E-state index >= 15 is 0 Å². The first-order chi connectivity index (χ1) is 10.0. The third-order valence-electron chi connectivity index (χ3n) is 3.23. The number of nitro benzene ring substituents is 1. The minimum atomic E-state index is -0.458. The summed E-state index contributed by atoms with van der Waals surface area (Å²) >= 11 is 3.32. The summed E-state index contributed by atoms with van der Waals surface area (Å²) in [5, 5.41) is 11.1. The molecule has 108 valence electrons. The van der Waals surface area contributed by atoms with E-state index < -0.39 is 4.92 Å². The Labute approximate surface area is 129 Å². The number of aryl methyl sites for hydroxylation is 1. The van der Waals surface area contributed by atoms with Crippen LogP contribution in [0.3, 0.4) is 0 Å². The maximum atomic E-state index is 11.1. The van der Waals surface area contributed by atoms with Gasteiger partial charge in [0.15, 0.2) is 0 Å². The highest BCUT2D eigenvalue weighted by molar-refractivity contribution is 9.10. The summed E-state index contributed by atoms with van der Waals surface area (Å²) in [5.41, 5.74) is 0.615. The van der Waals surface area contributed by atoms with Crippen LogP contribution in [-0.2, 0) is 0 Å². The van der Waals surface area contributed by atoms with Crippen molar-refractivity contribution >= 4 is 21.6 Å². The van der Waals surface area contributed by atoms with Gasteiger partial charge in [-0.3, -0.25) is 10.1 Å². The molecule has 0 aliphatic heterocycles. The van der Waals surface area contributed by atoms with Crippen LogP contribution in [-0.4, -0.2) is 14.9 Å². The summed E-state index contributed by atoms with van der Waals surface area (Å²) in [6.45, 7) is 1.76. The molecule has 0 saturated heterocycles. The van der Waals surface area contributed by atoms with Crippen LogP contribution in [0.2, 0.25) is 0 Å². The standard InChI is InChI=1S/C14H12BrN3O3/c1-8-3-2-4-10(18(19)20)13(8)21-12-7-11(15)16-14(17-12)9-5-6-9/h2-4,7,9H,5-6H2,1H3. The first-order valence-electron chi connectivity index (χ1n) is 6.51. The zero-order chi connectivity index (χ0) is 15.0. The highest BCUT2D eigenvalue weighted by atomic mass is 79.9. The largest absolute Gasteiger partial charge is 0.431 e. The van der Waals surface area contributed by atoms with E-state index in [0.29, 0.717) is 22.0 Å². The number of hydrogen-bond donors (Lipinski definition) is 0. The summed E-state index contributed by atoms with van der Waals surface area (Å²) in [4.78, 5) is 19.3. The fourth-order valence-electron chi connectivity index (χ4n) is 2.01. The van der Waals surface area contributed by atoms with E-state index in [-0.39, 0.29) is 11.4 Å². The van der Waals surface area contributed by atoms with E-state index in [4.69, 9.17) is 4.74 Å². The lowest BCUT2D eigenvalue weighted by Crippen LogP contribution is -2.00.